The van der Waals surface area contributed by atoms with Gasteiger partial charge in [0.05, 0.1) is 23.7 Å². The minimum absolute atomic E-state index is 0.0223. The number of rotatable bonds is 2. The molecule has 0 aromatic heterocycles. The molecule has 4 fully saturated rings. The van der Waals surface area contributed by atoms with Crippen molar-refractivity contribution in [2.75, 3.05) is 6.61 Å². The SMILES string of the molecule is C[C@@]1(O)CC[C@]2(C(=O)O)CC[C@]3(C)C(=CC[C@@H]4[C@@]5(C)CC[C@H](O)[C@](C)(CO)C5CC[C@]43C)[C@@H]2C1. The molecule has 0 amide bonds. The number of carboxylic acid groups (broad SMARTS) is 1. The van der Waals surface area contributed by atoms with Crippen LogP contribution in [0.2, 0.25) is 0 Å². The molecule has 0 saturated heterocycles. The first-order valence-electron chi connectivity index (χ1n) is 13.7. The van der Waals surface area contributed by atoms with Gasteiger partial charge in [0.25, 0.3) is 0 Å². The van der Waals surface area contributed by atoms with E-state index in [9.17, 15) is 25.2 Å². The molecule has 192 valence electrons. The average Bonchev–Trinajstić information content (AvgIpc) is 2.76. The highest BCUT2D eigenvalue weighted by molar-refractivity contribution is 5.76. The highest BCUT2D eigenvalue weighted by atomic mass is 16.4. The van der Waals surface area contributed by atoms with Gasteiger partial charge in [0.15, 0.2) is 0 Å². The van der Waals surface area contributed by atoms with Crippen molar-refractivity contribution in [3.8, 4) is 0 Å². The Morgan fingerprint density at radius 3 is 2.29 bits per heavy atom. The maximum atomic E-state index is 12.7. The molecule has 0 aliphatic heterocycles. The Hall–Kier alpha value is -0.910. The zero-order valence-electron chi connectivity index (χ0n) is 21.9. The molecule has 0 spiro atoms. The van der Waals surface area contributed by atoms with Gasteiger partial charge in [0.1, 0.15) is 0 Å². The van der Waals surface area contributed by atoms with Crippen LogP contribution in [0.3, 0.4) is 0 Å². The van der Waals surface area contributed by atoms with Gasteiger partial charge in [-0.05, 0) is 105 Å². The quantitative estimate of drug-likeness (QED) is 0.426. The number of allylic oxidation sites excluding steroid dienone is 2. The second kappa shape index (κ2) is 7.32. The summed E-state index contributed by atoms with van der Waals surface area (Å²) in [5.74, 6) is -0.0691. The van der Waals surface area contributed by atoms with Gasteiger partial charge in [0.2, 0.25) is 0 Å². The molecule has 5 aliphatic carbocycles. The Kier molecular flexibility index (Phi) is 5.33. The summed E-state index contributed by atoms with van der Waals surface area (Å²) in [5.41, 5.74) is -0.737. The molecule has 0 radical (unpaired) electrons. The largest absolute Gasteiger partial charge is 0.481 e. The van der Waals surface area contributed by atoms with Crippen molar-refractivity contribution in [3.63, 3.8) is 0 Å². The van der Waals surface area contributed by atoms with Gasteiger partial charge in [-0.3, -0.25) is 4.79 Å². The van der Waals surface area contributed by atoms with Gasteiger partial charge in [-0.1, -0.05) is 39.3 Å². The topological polar surface area (TPSA) is 98.0 Å². The first kappa shape index (κ1) is 24.8. The van der Waals surface area contributed by atoms with E-state index < -0.39 is 28.5 Å². The van der Waals surface area contributed by atoms with Crippen molar-refractivity contribution in [1.29, 1.82) is 0 Å². The van der Waals surface area contributed by atoms with Gasteiger partial charge in [-0.15, -0.1) is 0 Å². The molecule has 10 atom stereocenters. The first-order chi connectivity index (χ1) is 15.7. The van der Waals surface area contributed by atoms with Crippen LogP contribution in [-0.2, 0) is 4.79 Å². The number of carboxylic acids is 1. The zero-order valence-corrected chi connectivity index (χ0v) is 21.9. The molecule has 5 rings (SSSR count). The molecule has 5 heteroatoms. The van der Waals surface area contributed by atoms with Crippen LogP contribution in [-0.4, -0.2) is 44.7 Å². The maximum absolute atomic E-state index is 12.7. The molecule has 34 heavy (non-hydrogen) atoms. The lowest BCUT2D eigenvalue weighted by atomic mass is 9.33. The Bertz CT molecular complexity index is 910. The summed E-state index contributed by atoms with van der Waals surface area (Å²) >= 11 is 0. The lowest BCUT2D eigenvalue weighted by Gasteiger charge is -2.71. The average molecular weight is 475 g/mol. The Morgan fingerprint density at radius 1 is 0.971 bits per heavy atom. The van der Waals surface area contributed by atoms with E-state index in [1.54, 1.807) is 0 Å². The fraction of sp³-hybridized carbons (Fsp3) is 0.897. The normalized spacial score (nSPS) is 56.9. The zero-order chi connectivity index (χ0) is 24.9. The predicted molar refractivity (Wildman–Crippen MR) is 131 cm³/mol. The molecule has 0 aromatic rings. The second-order valence-corrected chi connectivity index (χ2v) is 14.2. The summed E-state index contributed by atoms with van der Waals surface area (Å²) in [7, 11) is 0. The fourth-order valence-corrected chi connectivity index (χ4v) is 10.5. The summed E-state index contributed by atoms with van der Waals surface area (Å²) in [6, 6.07) is 0. The van der Waals surface area contributed by atoms with E-state index in [1.807, 2.05) is 6.92 Å². The van der Waals surface area contributed by atoms with Crippen molar-refractivity contribution in [1.82, 2.24) is 0 Å². The van der Waals surface area contributed by atoms with Crippen LogP contribution in [0.15, 0.2) is 11.6 Å². The molecule has 0 bridgehead atoms. The van der Waals surface area contributed by atoms with E-state index in [-0.39, 0.29) is 34.7 Å². The van der Waals surface area contributed by atoms with Crippen LogP contribution in [0, 0.1) is 44.8 Å². The van der Waals surface area contributed by atoms with Crippen LogP contribution in [0.4, 0.5) is 0 Å². The van der Waals surface area contributed by atoms with E-state index >= 15 is 0 Å². The van der Waals surface area contributed by atoms with Gasteiger partial charge < -0.3 is 20.4 Å². The lowest BCUT2D eigenvalue weighted by molar-refractivity contribution is -0.217. The van der Waals surface area contributed by atoms with Crippen LogP contribution in [0.5, 0.6) is 0 Å². The molecular weight excluding hydrogens is 428 g/mol. The Labute approximate surface area is 205 Å². The van der Waals surface area contributed by atoms with Crippen LogP contribution >= 0.6 is 0 Å². The van der Waals surface area contributed by atoms with E-state index in [0.29, 0.717) is 31.6 Å². The Morgan fingerprint density at radius 2 is 1.65 bits per heavy atom. The van der Waals surface area contributed by atoms with Gasteiger partial charge in [-0.25, -0.2) is 0 Å². The number of aliphatic carboxylic acids is 1. The van der Waals surface area contributed by atoms with E-state index in [4.69, 9.17) is 0 Å². The molecule has 4 N–H and O–H groups in total. The number of hydrogen-bond donors (Lipinski definition) is 4. The smallest absolute Gasteiger partial charge is 0.310 e. The highest BCUT2D eigenvalue weighted by Crippen LogP contribution is 2.75. The van der Waals surface area contributed by atoms with Crippen molar-refractivity contribution < 1.29 is 25.2 Å². The molecular formula is C29H46O5. The number of fused-ring (bicyclic) bond motifs is 7. The standard InChI is InChI=1S/C29H46O5/c1-24(34)12-14-29(23(32)33)15-13-27(4)18(19(29)16-24)6-7-21-25(2)10-9-22(31)26(3,17-30)20(25)8-11-28(21,27)5/h6,19-22,30-31,34H,7-17H2,1-5H3,(H,32,33)/t19-,20?,21+,22-,24+,25-,26+,27+,28+,29-/m0/s1. The fourth-order valence-electron chi connectivity index (χ4n) is 10.5. The molecule has 1 unspecified atom stereocenters. The first-order valence-corrected chi connectivity index (χ1v) is 13.7. The molecule has 0 heterocycles. The van der Waals surface area contributed by atoms with Gasteiger partial charge in [-0.2, -0.15) is 0 Å². The van der Waals surface area contributed by atoms with E-state index in [2.05, 4.69) is 33.8 Å². The Balaban J connectivity index is 1.60. The van der Waals surface area contributed by atoms with Gasteiger partial charge >= 0.3 is 5.97 Å². The van der Waals surface area contributed by atoms with Crippen molar-refractivity contribution in [2.45, 2.75) is 111 Å². The highest BCUT2D eigenvalue weighted by Gasteiger charge is 2.69. The third kappa shape index (κ3) is 2.87. The third-order valence-electron chi connectivity index (χ3n) is 12.9. The van der Waals surface area contributed by atoms with Crippen molar-refractivity contribution in [2.24, 2.45) is 44.8 Å². The number of carbonyl (C=O) groups is 1. The molecule has 4 saturated carbocycles. The van der Waals surface area contributed by atoms with Crippen LogP contribution in [0.25, 0.3) is 0 Å². The monoisotopic (exact) mass is 474 g/mol. The van der Waals surface area contributed by atoms with E-state index in [0.717, 1.165) is 38.5 Å². The van der Waals surface area contributed by atoms with E-state index in [1.165, 1.54) is 5.57 Å². The minimum atomic E-state index is -0.813. The minimum Gasteiger partial charge on any atom is -0.481 e. The van der Waals surface area contributed by atoms with Crippen molar-refractivity contribution in [3.05, 3.63) is 11.6 Å². The predicted octanol–water partition coefficient (Wildman–Crippen LogP) is 4.93. The maximum Gasteiger partial charge on any atom is 0.310 e. The molecule has 5 aliphatic rings. The summed E-state index contributed by atoms with van der Waals surface area (Å²) in [6.07, 6.45) is 9.83. The van der Waals surface area contributed by atoms with Crippen LogP contribution < -0.4 is 0 Å². The van der Waals surface area contributed by atoms with Crippen LogP contribution in [0.1, 0.15) is 98.8 Å². The summed E-state index contributed by atoms with van der Waals surface area (Å²) in [6.45, 7) is 11.3. The van der Waals surface area contributed by atoms with Gasteiger partial charge in [0, 0.05) is 5.41 Å². The number of hydrogen-bond acceptors (Lipinski definition) is 4. The lowest BCUT2D eigenvalue weighted by Crippen LogP contribution is -2.66. The summed E-state index contributed by atoms with van der Waals surface area (Å²) in [4.78, 5) is 12.7. The molecule has 0 aromatic carbocycles. The number of aliphatic hydroxyl groups is 3. The summed E-state index contributed by atoms with van der Waals surface area (Å²) < 4.78 is 0. The summed E-state index contributed by atoms with van der Waals surface area (Å²) in [5, 5.41) is 42.7. The molecule has 5 nitrogen and oxygen atoms in total. The number of aliphatic hydroxyl groups excluding tert-OH is 2. The van der Waals surface area contributed by atoms with Crippen molar-refractivity contribution >= 4 is 5.97 Å². The second-order valence-electron chi connectivity index (χ2n) is 14.2. The third-order valence-corrected chi connectivity index (χ3v) is 12.9.